The number of nitrogens with zero attached hydrogens (tertiary/aromatic N) is 1. The van der Waals surface area contributed by atoms with Crippen molar-refractivity contribution >= 4 is 5.91 Å². The molecule has 1 aromatic carbocycles. The number of halogens is 1. The summed E-state index contributed by atoms with van der Waals surface area (Å²) >= 11 is 0. The second-order valence-electron chi connectivity index (χ2n) is 4.89. The third-order valence-corrected chi connectivity index (χ3v) is 3.43. The summed E-state index contributed by atoms with van der Waals surface area (Å²) in [7, 11) is 0. The zero-order valence-electron chi connectivity index (χ0n) is 10.3. The molecule has 0 aromatic heterocycles. The number of rotatable bonds is 4. The molecule has 1 aromatic rings. The molecule has 0 saturated carbocycles. The molecule has 0 radical (unpaired) electrons. The number of carbonyl (C=O) groups excluding carboxylic acids is 1. The van der Waals surface area contributed by atoms with Crippen molar-refractivity contribution in [2.45, 2.75) is 25.5 Å². The molecule has 2 rings (SSSR count). The van der Waals surface area contributed by atoms with Gasteiger partial charge in [-0.1, -0.05) is 13.0 Å². The van der Waals surface area contributed by atoms with Crippen LogP contribution in [0.25, 0.3) is 0 Å². The van der Waals surface area contributed by atoms with Gasteiger partial charge in [0.15, 0.2) is 0 Å². The van der Waals surface area contributed by atoms with Crippen molar-refractivity contribution in [3.8, 4) is 0 Å². The monoisotopic (exact) mass is 252 g/mol. The highest BCUT2D eigenvalue weighted by Gasteiger charge is 2.39. The van der Waals surface area contributed by atoms with Crippen molar-refractivity contribution in [1.29, 1.82) is 0 Å². The normalized spacial score (nSPS) is 18.4. The summed E-state index contributed by atoms with van der Waals surface area (Å²) in [6.45, 7) is 3.48. The molecule has 1 heterocycles. The lowest BCUT2D eigenvalue weighted by atomic mass is 9.91. The molecule has 98 valence electrons. The lowest BCUT2D eigenvalue weighted by Crippen LogP contribution is -2.60. The van der Waals surface area contributed by atoms with Gasteiger partial charge in [0.05, 0.1) is 5.60 Å². The van der Waals surface area contributed by atoms with Crippen LogP contribution in [0.2, 0.25) is 0 Å². The fraction of sp³-hybridized carbons (Fsp3) is 0.462. The third-order valence-electron chi connectivity index (χ3n) is 3.43. The number of likely N-dealkylation sites (tertiary alicyclic amines) is 1. The Hall–Kier alpha value is -1.46. The Bertz CT molecular complexity index is 470. The van der Waals surface area contributed by atoms with Crippen molar-refractivity contribution in [3.05, 3.63) is 35.1 Å². The van der Waals surface area contributed by atoms with Crippen LogP contribution in [0.5, 0.6) is 0 Å². The second kappa shape index (κ2) is 4.66. The highest BCUT2D eigenvalue weighted by molar-refractivity contribution is 5.92. The predicted molar refractivity (Wildman–Crippen MR) is 65.4 cm³/mol. The van der Waals surface area contributed by atoms with Crippen molar-refractivity contribution in [2.24, 2.45) is 5.73 Å². The summed E-state index contributed by atoms with van der Waals surface area (Å²) in [6, 6.07) is 4.24. The largest absolute Gasteiger partial charge is 0.387 e. The van der Waals surface area contributed by atoms with Gasteiger partial charge in [-0.3, -0.25) is 9.69 Å². The van der Waals surface area contributed by atoms with Gasteiger partial charge in [-0.25, -0.2) is 4.39 Å². The van der Waals surface area contributed by atoms with E-state index in [1.54, 1.807) is 6.07 Å². The Morgan fingerprint density at radius 1 is 1.56 bits per heavy atom. The second-order valence-corrected chi connectivity index (χ2v) is 4.89. The molecule has 0 aliphatic carbocycles. The first-order chi connectivity index (χ1) is 8.43. The third kappa shape index (κ3) is 2.52. The average molecular weight is 252 g/mol. The van der Waals surface area contributed by atoms with E-state index >= 15 is 0 Å². The van der Waals surface area contributed by atoms with Crippen molar-refractivity contribution < 1.29 is 14.3 Å². The number of benzene rings is 1. The molecule has 1 aliphatic heterocycles. The summed E-state index contributed by atoms with van der Waals surface area (Å²) < 4.78 is 13.7. The van der Waals surface area contributed by atoms with E-state index in [9.17, 15) is 14.3 Å². The van der Waals surface area contributed by atoms with E-state index in [1.807, 2.05) is 11.8 Å². The molecule has 1 saturated heterocycles. The molecule has 0 spiro atoms. The number of nitrogens with two attached hydrogens (primary N) is 1. The minimum atomic E-state index is -0.634. The summed E-state index contributed by atoms with van der Waals surface area (Å²) in [5.74, 6) is -1.07. The van der Waals surface area contributed by atoms with Gasteiger partial charge in [-0.2, -0.15) is 0 Å². The van der Waals surface area contributed by atoms with Crippen LogP contribution in [-0.2, 0) is 6.54 Å². The Kier molecular flexibility index (Phi) is 3.36. The quantitative estimate of drug-likeness (QED) is 0.836. The first kappa shape index (κ1) is 13.0. The van der Waals surface area contributed by atoms with Gasteiger partial charge in [-0.15, -0.1) is 0 Å². The number of β-amino-alcohol motifs (C(OH)–C–C–N with tert-alkyl or cyclic N) is 1. The van der Waals surface area contributed by atoms with Crippen LogP contribution in [0.15, 0.2) is 18.2 Å². The lowest BCUT2D eigenvalue weighted by Gasteiger charge is -2.46. The van der Waals surface area contributed by atoms with E-state index in [2.05, 4.69) is 0 Å². The number of hydrogen-bond acceptors (Lipinski definition) is 3. The average Bonchev–Trinajstić information content (AvgIpc) is 2.29. The van der Waals surface area contributed by atoms with Gasteiger partial charge >= 0.3 is 0 Å². The zero-order chi connectivity index (χ0) is 13.3. The van der Waals surface area contributed by atoms with Crippen molar-refractivity contribution in [3.63, 3.8) is 0 Å². The highest BCUT2D eigenvalue weighted by atomic mass is 19.1. The predicted octanol–water partition coefficient (Wildman–Crippen LogP) is 0.881. The maximum Gasteiger partial charge on any atom is 0.248 e. The molecule has 0 bridgehead atoms. The lowest BCUT2D eigenvalue weighted by molar-refractivity contribution is -0.103. The van der Waals surface area contributed by atoms with Crippen LogP contribution in [0.4, 0.5) is 4.39 Å². The molecule has 4 nitrogen and oxygen atoms in total. The highest BCUT2D eigenvalue weighted by Crippen LogP contribution is 2.26. The van der Waals surface area contributed by atoms with Gasteiger partial charge in [0.2, 0.25) is 5.91 Å². The SMILES string of the molecule is CCC1(O)CN(Cc2ccc(C(N)=O)cc2F)C1. The Balaban J connectivity index is 2.01. The number of carbonyl (C=O) groups is 1. The van der Waals surface area contributed by atoms with Gasteiger partial charge < -0.3 is 10.8 Å². The van der Waals surface area contributed by atoms with Gasteiger partial charge in [0.25, 0.3) is 0 Å². The fourth-order valence-electron chi connectivity index (χ4n) is 2.19. The molecule has 5 heteroatoms. The summed E-state index contributed by atoms with van der Waals surface area (Å²) in [6.07, 6.45) is 0.701. The molecular weight excluding hydrogens is 235 g/mol. The Labute approximate surface area is 105 Å². The minimum Gasteiger partial charge on any atom is -0.387 e. The van der Waals surface area contributed by atoms with Crippen molar-refractivity contribution in [2.75, 3.05) is 13.1 Å². The van der Waals surface area contributed by atoms with Crippen LogP contribution < -0.4 is 5.73 Å². The number of aliphatic hydroxyl groups is 1. The van der Waals surface area contributed by atoms with E-state index in [0.717, 1.165) is 6.07 Å². The molecule has 1 amide bonds. The van der Waals surface area contributed by atoms with Crippen LogP contribution >= 0.6 is 0 Å². The van der Waals surface area contributed by atoms with Crippen LogP contribution in [0, 0.1) is 5.82 Å². The molecule has 18 heavy (non-hydrogen) atoms. The van der Waals surface area contributed by atoms with E-state index in [0.29, 0.717) is 31.6 Å². The van der Waals surface area contributed by atoms with E-state index in [4.69, 9.17) is 5.73 Å². The first-order valence-electron chi connectivity index (χ1n) is 5.96. The van der Waals surface area contributed by atoms with Gasteiger partial charge in [0.1, 0.15) is 5.82 Å². The summed E-state index contributed by atoms with van der Waals surface area (Å²) in [4.78, 5) is 12.9. The van der Waals surface area contributed by atoms with E-state index < -0.39 is 17.3 Å². The molecular formula is C13H17FN2O2. The van der Waals surface area contributed by atoms with Crippen LogP contribution in [-0.4, -0.2) is 34.6 Å². The van der Waals surface area contributed by atoms with Crippen LogP contribution in [0.1, 0.15) is 29.3 Å². The maximum atomic E-state index is 13.7. The molecule has 3 N–H and O–H groups in total. The van der Waals surface area contributed by atoms with Gasteiger partial charge in [-0.05, 0) is 18.6 Å². The van der Waals surface area contributed by atoms with Crippen molar-refractivity contribution in [1.82, 2.24) is 4.90 Å². The molecule has 0 unspecified atom stereocenters. The first-order valence-corrected chi connectivity index (χ1v) is 5.96. The summed E-state index contributed by atoms with van der Waals surface area (Å²) in [5.41, 5.74) is 5.14. The Morgan fingerprint density at radius 2 is 2.22 bits per heavy atom. The number of primary amides is 1. The number of amides is 1. The Morgan fingerprint density at radius 3 is 2.72 bits per heavy atom. The molecule has 1 fully saturated rings. The topological polar surface area (TPSA) is 66.6 Å². The standard InChI is InChI=1S/C13H17FN2O2/c1-2-13(18)7-16(8-13)6-10-4-3-9(12(15)17)5-11(10)14/h3-5,18H,2,6-8H2,1H3,(H2,15,17). The summed E-state index contributed by atoms with van der Waals surface area (Å²) in [5, 5.41) is 9.86. The van der Waals surface area contributed by atoms with E-state index in [1.165, 1.54) is 6.07 Å². The smallest absolute Gasteiger partial charge is 0.248 e. The van der Waals surface area contributed by atoms with E-state index in [-0.39, 0.29) is 5.56 Å². The van der Waals surface area contributed by atoms with Crippen LogP contribution in [0.3, 0.4) is 0 Å². The minimum absolute atomic E-state index is 0.171. The van der Waals surface area contributed by atoms with Gasteiger partial charge in [0, 0.05) is 30.8 Å². The fourth-order valence-corrected chi connectivity index (χ4v) is 2.19. The zero-order valence-corrected chi connectivity index (χ0v) is 10.3. The molecule has 0 atom stereocenters. The molecule has 1 aliphatic rings. The number of hydrogen-bond donors (Lipinski definition) is 2. The maximum absolute atomic E-state index is 13.7.